The molecule has 1 aliphatic carbocycles. The van der Waals surface area contributed by atoms with Gasteiger partial charge in [-0.25, -0.2) is 4.98 Å². The zero-order valence-corrected chi connectivity index (χ0v) is 12.6. The monoisotopic (exact) mass is 279 g/mol. The Hall–Kier alpha value is -1.36. The topological polar surface area (TPSA) is 67.3 Å². The number of nitrogens with zero attached hydrogens (tertiary/aromatic N) is 2. The lowest BCUT2D eigenvalue weighted by molar-refractivity contribution is 0.00486. The average Bonchev–Trinajstić information content (AvgIpc) is 2.40. The van der Waals surface area contributed by atoms with E-state index in [9.17, 15) is 5.11 Å². The van der Waals surface area contributed by atoms with Crippen molar-refractivity contribution >= 4 is 5.95 Å². The fourth-order valence-electron chi connectivity index (χ4n) is 2.56. The maximum absolute atomic E-state index is 10.5. The van der Waals surface area contributed by atoms with Crippen LogP contribution in [0, 0.1) is 12.8 Å². The summed E-state index contributed by atoms with van der Waals surface area (Å²) in [6.45, 7) is 7.15. The van der Waals surface area contributed by atoms with Gasteiger partial charge in [0.2, 0.25) is 11.8 Å². The van der Waals surface area contributed by atoms with Crippen molar-refractivity contribution in [3.05, 3.63) is 11.8 Å². The van der Waals surface area contributed by atoms with E-state index in [0.717, 1.165) is 37.3 Å². The highest BCUT2D eigenvalue weighted by atomic mass is 16.5. The van der Waals surface area contributed by atoms with Gasteiger partial charge >= 0.3 is 0 Å². The summed E-state index contributed by atoms with van der Waals surface area (Å²) in [5.41, 5.74) is 0.223. The van der Waals surface area contributed by atoms with Crippen molar-refractivity contribution in [2.24, 2.45) is 5.92 Å². The van der Waals surface area contributed by atoms with E-state index in [2.05, 4.69) is 22.2 Å². The summed E-state index contributed by atoms with van der Waals surface area (Å²) in [6.07, 6.45) is 3.84. The average molecular weight is 279 g/mol. The summed E-state index contributed by atoms with van der Waals surface area (Å²) < 4.78 is 5.40. The quantitative estimate of drug-likeness (QED) is 0.867. The van der Waals surface area contributed by atoms with Crippen molar-refractivity contribution < 1.29 is 9.84 Å². The molecule has 1 aromatic heterocycles. The smallest absolute Gasteiger partial charge is 0.226 e. The third-order valence-electron chi connectivity index (χ3n) is 3.90. The SMILES string of the molecule is CCOc1cc(C)nc(NCC2(O)CCC(C)CC2)n1. The van der Waals surface area contributed by atoms with Crippen LogP contribution in [0.4, 0.5) is 5.95 Å². The van der Waals surface area contributed by atoms with E-state index in [1.807, 2.05) is 19.9 Å². The van der Waals surface area contributed by atoms with Gasteiger partial charge in [0, 0.05) is 18.3 Å². The molecule has 0 atom stereocenters. The molecular formula is C15H25N3O2. The first-order chi connectivity index (χ1) is 9.50. The normalized spacial score (nSPS) is 26.3. The van der Waals surface area contributed by atoms with E-state index >= 15 is 0 Å². The van der Waals surface area contributed by atoms with Crippen LogP contribution in [0.1, 0.15) is 45.2 Å². The van der Waals surface area contributed by atoms with Gasteiger partial charge in [0.15, 0.2) is 0 Å². The number of rotatable bonds is 5. The van der Waals surface area contributed by atoms with Crippen LogP contribution in [0.3, 0.4) is 0 Å². The summed E-state index contributed by atoms with van der Waals surface area (Å²) in [6, 6.07) is 1.81. The fourth-order valence-corrected chi connectivity index (χ4v) is 2.56. The van der Waals surface area contributed by atoms with Crippen LogP contribution in [0.15, 0.2) is 6.07 Å². The highest BCUT2D eigenvalue weighted by molar-refractivity contribution is 5.31. The summed E-state index contributed by atoms with van der Waals surface area (Å²) in [7, 11) is 0. The number of nitrogens with one attached hydrogen (secondary N) is 1. The second-order valence-corrected chi connectivity index (χ2v) is 5.86. The van der Waals surface area contributed by atoms with Gasteiger partial charge in [-0.15, -0.1) is 0 Å². The van der Waals surface area contributed by atoms with Crippen LogP contribution in [-0.4, -0.2) is 33.8 Å². The first kappa shape index (κ1) is 15.0. The number of aryl methyl sites for hydroxylation is 1. The fraction of sp³-hybridized carbons (Fsp3) is 0.733. The molecular weight excluding hydrogens is 254 g/mol. The summed E-state index contributed by atoms with van der Waals surface area (Å²) in [5, 5.41) is 13.7. The molecule has 5 heteroatoms. The van der Waals surface area contributed by atoms with Gasteiger partial charge in [-0.2, -0.15) is 4.98 Å². The summed E-state index contributed by atoms with van der Waals surface area (Å²) in [4.78, 5) is 8.63. The van der Waals surface area contributed by atoms with E-state index in [1.165, 1.54) is 0 Å². The lowest BCUT2D eigenvalue weighted by Gasteiger charge is -2.34. The van der Waals surface area contributed by atoms with Crippen molar-refractivity contribution in [1.29, 1.82) is 0 Å². The van der Waals surface area contributed by atoms with E-state index < -0.39 is 5.60 Å². The lowest BCUT2D eigenvalue weighted by atomic mass is 9.79. The number of anilines is 1. The maximum Gasteiger partial charge on any atom is 0.226 e. The first-order valence-electron chi connectivity index (χ1n) is 7.45. The molecule has 5 nitrogen and oxygen atoms in total. The van der Waals surface area contributed by atoms with Crippen LogP contribution >= 0.6 is 0 Å². The summed E-state index contributed by atoms with van der Waals surface area (Å²) >= 11 is 0. The standard InChI is InChI=1S/C15H25N3O2/c1-4-20-13-9-12(3)17-14(18-13)16-10-15(19)7-5-11(2)6-8-15/h9,11,19H,4-8,10H2,1-3H3,(H,16,17,18). The predicted octanol–water partition coefficient (Wildman–Crippen LogP) is 2.54. The highest BCUT2D eigenvalue weighted by Crippen LogP contribution is 2.31. The lowest BCUT2D eigenvalue weighted by Crippen LogP contribution is -2.40. The Morgan fingerprint density at radius 1 is 1.40 bits per heavy atom. The van der Waals surface area contributed by atoms with Crippen LogP contribution in [0.5, 0.6) is 5.88 Å². The third-order valence-corrected chi connectivity index (χ3v) is 3.90. The molecule has 0 spiro atoms. The Balaban J connectivity index is 1.96. The molecule has 112 valence electrons. The van der Waals surface area contributed by atoms with E-state index in [4.69, 9.17) is 4.74 Å². The number of hydrogen-bond acceptors (Lipinski definition) is 5. The van der Waals surface area contributed by atoms with Gasteiger partial charge in [-0.3, -0.25) is 0 Å². The van der Waals surface area contributed by atoms with Crippen LogP contribution in [-0.2, 0) is 0 Å². The Kier molecular flexibility index (Phi) is 4.81. The number of hydrogen-bond donors (Lipinski definition) is 2. The Labute approximate surface area is 120 Å². The van der Waals surface area contributed by atoms with Crippen molar-refractivity contribution in [3.8, 4) is 5.88 Å². The van der Waals surface area contributed by atoms with E-state index in [-0.39, 0.29) is 0 Å². The molecule has 1 saturated carbocycles. The number of aliphatic hydroxyl groups is 1. The molecule has 0 bridgehead atoms. The largest absolute Gasteiger partial charge is 0.478 e. The van der Waals surface area contributed by atoms with Crippen LogP contribution < -0.4 is 10.1 Å². The minimum Gasteiger partial charge on any atom is -0.478 e. The van der Waals surface area contributed by atoms with Gasteiger partial charge in [-0.05, 0) is 45.4 Å². The van der Waals surface area contributed by atoms with E-state index in [1.54, 1.807) is 0 Å². The van der Waals surface area contributed by atoms with Gasteiger partial charge < -0.3 is 15.2 Å². The molecule has 1 heterocycles. The Bertz CT molecular complexity index is 443. The van der Waals surface area contributed by atoms with Crippen molar-refractivity contribution in [3.63, 3.8) is 0 Å². The molecule has 0 aromatic carbocycles. The van der Waals surface area contributed by atoms with Crippen molar-refractivity contribution in [1.82, 2.24) is 9.97 Å². The molecule has 2 N–H and O–H groups in total. The molecule has 1 fully saturated rings. The minimum atomic E-state index is -0.634. The van der Waals surface area contributed by atoms with Crippen molar-refractivity contribution in [2.45, 2.75) is 52.1 Å². The zero-order valence-electron chi connectivity index (χ0n) is 12.6. The second-order valence-electron chi connectivity index (χ2n) is 5.86. The molecule has 0 radical (unpaired) electrons. The highest BCUT2D eigenvalue weighted by Gasteiger charge is 2.31. The Morgan fingerprint density at radius 3 is 2.75 bits per heavy atom. The van der Waals surface area contributed by atoms with Gasteiger partial charge in [-0.1, -0.05) is 6.92 Å². The number of aromatic nitrogens is 2. The van der Waals surface area contributed by atoms with Crippen molar-refractivity contribution in [2.75, 3.05) is 18.5 Å². The van der Waals surface area contributed by atoms with Gasteiger partial charge in [0.25, 0.3) is 0 Å². The Morgan fingerprint density at radius 2 is 2.10 bits per heavy atom. The molecule has 0 aliphatic heterocycles. The van der Waals surface area contributed by atoms with Crippen LogP contribution in [0.25, 0.3) is 0 Å². The number of ether oxygens (including phenoxy) is 1. The maximum atomic E-state index is 10.5. The molecule has 2 rings (SSSR count). The predicted molar refractivity (Wildman–Crippen MR) is 79.0 cm³/mol. The minimum absolute atomic E-state index is 0.495. The van der Waals surface area contributed by atoms with Gasteiger partial charge in [0.05, 0.1) is 12.2 Å². The first-order valence-corrected chi connectivity index (χ1v) is 7.45. The molecule has 0 saturated heterocycles. The molecule has 0 unspecified atom stereocenters. The zero-order chi connectivity index (χ0) is 14.6. The van der Waals surface area contributed by atoms with Crippen LogP contribution in [0.2, 0.25) is 0 Å². The molecule has 20 heavy (non-hydrogen) atoms. The van der Waals surface area contributed by atoms with Gasteiger partial charge in [0.1, 0.15) is 0 Å². The molecule has 1 aromatic rings. The third kappa shape index (κ3) is 4.07. The molecule has 1 aliphatic rings. The second kappa shape index (κ2) is 6.39. The van der Waals surface area contributed by atoms with E-state index in [0.29, 0.717) is 25.0 Å². The molecule has 0 amide bonds. The summed E-state index contributed by atoms with van der Waals surface area (Å²) in [5.74, 6) is 1.82.